The van der Waals surface area contributed by atoms with Crippen molar-refractivity contribution in [3.8, 4) is 0 Å². The van der Waals surface area contributed by atoms with Crippen molar-refractivity contribution in [2.75, 3.05) is 26.2 Å². The summed E-state index contributed by atoms with van der Waals surface area (Å²) in [5, 5.41) is 3.27. The maximum absolute atomic E-state index is 11.6. The van der Waals surface area contributed by atoms with Crippen molar-refractivity contribution in [1.82, 2.24) is 10.2 Å². The van der Waals surface area contributed by atoms with Crippen LogP contribution in [-0.4, -0.2) is 55.1 Å². The van der Waals surface area contributed by atoms with Gasteiger partial charge < -0.3 is 15.8 Å². The van der Waals surface area contributed by atoms with E-state index in [-0.39, 0.29) is 30.5 Å². The zero-order valence-electron chi connectivity index (χ0n) is 9.85. The van der Waals surface area contributed by atoms with Gasteiger partial charge in [0.2, 0.25) is 5.91 Å². The lowest BCUT2D eigenvalue weighted by Gasteiger charge is -2.36. The zero-order valence-corrected chi connectivity index (χ0v) is 9.85. The van der Waals surface area contributed by atoms with Gasteiger partial charge in [-0.05, 0) is 25.9 Å². The average Bonchev–Trinajstić information content (AvgIpc) is 2.73. The molecule has 0 aromatic heterocycles. The third-order valence-electron chi connectivity index (χ3n) is 3.42. The Kier molecular flexibility index (Phi) is 3.96. The molecule has 0 aromatic carbocycles. The van der Waals surface area contributed by atoms with Gasteiger partial charge in [0.1, 0.15) is 6.04 Å². The van der Waals surface area contributed by atoms with Crippen molar-refractivity contribution in [3.63, 3.8) is 0 Å². The zero-order chi connectivity index (χ0) is 12.3. The minimum Gasteiger partial charge on any atom is -0.464 e. The number of hydrogen-bond acceptors (Lipinski definition) is 5. The van der Waals surface area contributed by atoms with Crippen LogP contribution in [0.3, 0.4) is 0 Å². The van der Waals surface area contributed by atoms with Crippen LogP contribution < -0.4 is 11.1 Å². The maximum Gasteiger partial charge on any atom is 0.323 e. The summed E-state index contributed by atoms with van der Waals surface area (Å²) in [6.07, 6.45) is 2.55. The van der Waals surface area contributed by atoms with Crippen LogP contribution in [0.4, 0.5) is 0 Å². The number of carbonyl (C=O) groups excluding carboxylic acids is 2. The summed E-state index contributed by atoms with van der Waals surface area (Å²) >= 11 is 0. The van der Waals surface area contributed by atoms with Gasteiger partial charge in [-0.15, -0.1) is 0 Å². The van der Waals surface area contributed by atoms with Crippen molar-refractivity contribution < 1.29 is 14.3 Å². The molecule has 2 aliphatic heterocycles. The van der Waals surface area contributed by atoms with Crippen LogP contribution in [0, 0.1) is 0 Å². The number of ether oxygens (including phenoxy) is 1. The quantitative estimate of drug-likeness (QED) is 0.607. The first-order valence-electron chi connectivity index (χ1n) is 6.10. The van der Waals surface area contributed by atoms with E-state index in [0.29, 0.717) is 13.0 Å². The van der Waals surface area contributed by atoms with Gasteiger partial charge in [-0.1, -0.05) is 0 Å². The molecule has 2 aliphatic rings. The topological polar surface area (TPSA) is 84.7 Å². The number of primary amides is 1. The Bertz CT molecular complexity index is 302. The number of carbonyl (C=O) groups is 2. The van der Waals surface area contributed by atoms with Gasteiger partial charge >= 0.3 is 5.97 Å². The Morgan fingerprint density at radius 3 is 2.65 bits per heavy atom. The first-order chi connectivity index (χ1) is 8.18. The van der Waals surface area contributed by atoms with Crippen LogP contribution >= 0.6 is 0 Å². The van der Waals surface area contributed by atoms with E-state index in [1.54, 1.807) is 0 Å². The number of amides is 1. The molecule has 2 fully saturated rings. The fraction of sp³-hybridized carbons (Fsp3) is 0.818. The number of nitrogens with zero attached hydrogens (tertiary/aromatic N) is 1. The molecule has 0 bridgehead atoms. The highest BCUT2D eigenvalue weighted by Gasteiger charge is 2.37. The van der Waals surface area contributed by atoms with E-state index in [1.807, 2.05) is 4.90 Å². The summed E-state index contributed by atoms with van der Waals surface area (Å²) in [6.45, 7) is 2.43. The van der Waals surface area contributed by atoms with E-state index >= 15 is 0 Å². The predicted octanol–water partition coefficient (Wildman–Crippen LogP) is -1.16. The Balaban J connectivity index is 2.05. The SMILES string of the molecule is NC(=O)CN(C1CCNCC1)C1CCOC1=O. The molecule has 2 rings (SSSR count). The number of hydrogen-bond donors (Lipinski definition) is 2. The summed E-state index contributed by atoms with van der Waals surface area (Å²) in [7, 11) is 0. The average molecular weight is 241 g/mol. The molecule has 2 heterocycles. The fourth-order valence-corrected chi connectivity index (χ4v) is 2.60. The molecule has 0 aromatic rings. The van der Waals surface area contributed by atoms with Crippen LogP contribution in [0.5, 0.6) is 0 Å². The molecule has 1 unspecified atom stereocenters. The fourth-order valence-electron chi connectivity index (χ4n) is 2.60. The van der Waals surface area contributed by atoms with Crippen molar-refractivity contribution in [2.45, 2.75) is 31.3 Å². The number of cyclic esters (lactones) is 1. The molecule has 0 radical (unpaired) electrons. The van der Waals surface area contributed by atoms with Crippen molar-refractivity contribution >= 4 is 11.9 Å². The molecule has 0 saturated carbocycles. The Labute approximate surface area is 100 Å². The van der Waals surface area contributed by atoms with E-state index in [9.17, 15) is 9.59 Å². The van der Waals surface area contributed by atoms with Crippen molar-refractivity contribution in [3.05, 3.63) is 0 Å². The minimum atomic E-state index is -0.386. The molecule has 1 amide bonds. The second-order valence-corrected chi connectivity index (χ2v) is 4.59. The standard InChI is InChI=1S/C11H19N3O3/c12-10(15)7-14(8-1-4-13-5-2-8)9-3-6-17-11(9)16/h8-9,13H,1-7H2,(H2,12,15). The summed E-state index contributed by atoms with van der Waals surface area (Å²) < 4.78 is 4.97. The molecule has 2 saturated heterocycles. The van der Waals surface area contributed by atoms with Crippen LogP contribution in [0.15, 0.2) is 0 Å². The molecular formula is C11H19N3O3. The summed E-state index contributed by atoms with van der Waals surface area (Å²) in [5.74, 6) is -0.604. The molecule has 6 heteroatoms. The smallest absolute Gasteiger partial charge is 0.323 e. The number of rotatable bonds is 4. The molecule has 3 N–H and O–H groups in total. The van der Waals surface area contributed by atoms with Gasteiger partial charge in [-0.3, -0.25) is 14.5 Å². The van der Waals surface area contributed by atoms with Crippen molar-refractivity contribution in [2.24, 2.45) is 5.73 Å². The van der Waals surface area contributed by atoms with Crippen LogP contribution in [-0.2, 0) is 14.3 Å². The Hall–Kier alpha value is -1.14. The van der Waals surface area contributed by atoms with E-state index in [4.69, 9.17) is 10.5 Å². The van der Waals surface area contributed by atoms with Gasteiger partial charge in [0.15, 0.2) is 0 Å². The van der Waals surface area contributed by atoms with Crippen LogP contribution in [0.25, 0.3) is 0 Å². The number of piperidine rings is 1. The normalized spacial score (nSPS) is 26.2. The monoisotopic (exact) mass is 241 g/mol. The third-order valence-corrected chi connectivity index (χ3v) is 3.42. The number of nitrogens with one attached hydrogen (secondary N) is 1. The minimum absolute atomic E-state index is 0.143. The summed E-state index contributed by atoms with van der Waals surface area (Å²) in [6, 6.07) is -0.0370. The molecule has 0 aliphatic carbocycles. The number of esters is 1. The highest BCUT2D eigenvalue weighted by molar-refractivity contribution is 5.80. The summed E-state index contributed by atoms with van der Waals surface area (Å²) in [5.41, 5.74) is 5.26. The van der Waals surface area contributed by atoms with Gasteiger partial charge in [-0.25, -0.2) is 0 Å². The first kappa shape index (κ1) is 12.3. The van der Waals surface area contributed by atoms with E-state index < -0.39 is 0 Å². The third kappa shape index (κ3) is 2.95. The highest BCUT2D eigenvalue weighted by Crippen LogP contribution is 2.21. The molecule has 0 spiro atoms. The molecule has 1 atom stereocenters. The predicted molar refractivity (Wildman–Crippen MR) is 61.2 cm³/mol. The molecule has 96 valence electrons. The van der Waals surface area contributed by atoms with Crippen LogP contribution in [0.1, 0.15) is 19.3 Å². The molecule has 17 heavy (non-hydrogen) atoms. The Morgan fingerprint density at radius 1 is 1.41 bits per heavy atom. The molecule has 6 nitrogen and oxygen atoms in total. The maximum atomic E-state index is 11.6. The van der Waals surface area contributed by atoms with Gasteiger partial charge in [-0.2, -0.15) is 0 Å². The van der Waals surface area contributed by atoms with Gasteiger partial charge in [0, 0.05) is 12.5 Å². The van der Waals surface area contributed by atoms with Gasteiger partial charge in [0.05, 0.1) is 13.2 Å². The lowest BCUT2D eigenvalue weighted by Crippen LogP contribution is -2.52. The van der Waals surface area contributed by atoms with Crippen LogP contribution in [0.2, 0.25) is 0 Å². The Morgan fingerprint density at radius 2 is 2.12 bits per heavy atom. The number of nitrogens with two attached hydrogens (primary N) is 1. The van der Waals surface area contributed by atoms with E-state index in [1.165, 1.54) is 0 Å². The first-order valence-corrected chi connectivity index (χ1v) is 6.10. The highest BCUT2D eigenvalue weighted by atomic mass is 16.5. The van der Waals surface area contributed by atoms with Gasteiger partial charge in [0.25, 0.3) is 0 Å². The summed E-state index contributed by atoms with van der Waals surface area (Å²) in [4.78, 5) is 24.7. The van der Waals surface area contributed by atoms with Crippen molar-refractivity contribution in [1.29, 1.82) is 0 Å². The lowest BCUT2D eigenvalue weighted by molar-refractivity contribution is -0.143. The second kappa shape index (κ2) is 5.46. The van der Waals surface area contributed by atoms with E-state index in [2.05, 4.69) is 5.32 Å². The lowest BCUT2D eigenvalue weighted by atomic mass is 10.0. The second-order valence-electron chi connectivity index (χ2n) is 4.59. The molecular weight excluding hydrogens is 222 g/mol. The van der Waals surface area contributed by atoms with E-state index in [0.717, 1.165) is 25.9 Å². The largest absolute Gasteiger partial charge is 0.464 e.